The van der Waals surface area contributed by atoms with Gasteiger partial charge in [-0.05, 0) is 49.1 Å². The van der Waals surface area contributed by atoms with Gasteiger partial charge in [-0.15, -0.1) is 0 Å². The molecule has 0 aliphatic heterocycles. The van der Waals surface area contributed by atoms with Gasteiger partial charge < -0.3 is 29.2 Å². The van der Waals surface area contributed by atoms with Crippen molar-refractivity contribution in [3.8, 4) is 23.0 Å². The molecule has 3 rings (SSSR count). The molecule has 0 radical (unpaired) electrons. The van der Waals surface area contributed by atoms with E-state index in [1.54, 1.807) is 19.1 Å². The van der Waals surface area contributed by atoms with Crippen LogP contribution in [0.3, 0.4) is 0 Å². The van der Waals surface area contributed by atoms with Gasteiger partial charge >= 0.3 is 0 Å². The summed E-state index contributed by atoms with van der Waals surface area (Å²) < 4.78 is 51.3. The first kappa shape index (κ1) is 35.0. The highest BCUT2D eigenvalue weighted by Crippen LogP contribution is 2.37. The van der Waals surface area contributed by atoms with Crippen molar-refractivity contribution in [2.75, 3.05) is 52.4 Å². The fraction of sp³-hybridized carbons (Fsp3) is 0.394. The third kappa shape index (κ3) is 8.81. The zero-order valence-corrected chi connectivity index (χ0v) is 27.7. The van der Waals surface area contributed by atoms with E-state index in [2.05, 4.69) is 5.32 Å². The lowest BCUT2D eigenvalue weighted by Crippen LogP contribution is -2.52. The molecule has 12 heteroatoms. The molecule has 11 nitrogen and oxygen atoms in total. The highest BCUT2D eigenvalue weighted by Gasteiger charge is 2.34. The quantitative estimate of drug-likeness (QED) is 0.248. The number of hydrogen-bond acceptors (Lipinski definition) is 8. The third-order valence-electron chi connectivity index (χ3n) is 7.21. The van der Waals surface area contributed by atoms with Crippen molar-refractivity contribution in [1.82, 2.24) is 10.2 Å². The summed E-state index contributed by atoms with van der Waals surface area (Å²) in [6, 6.07) is 17.5. The maximum Gasteiger partial charge on any atom is 0.265 e. The first-order valence-corrected chi connectivity index (χ1v) is 16.0. The normalized spacial score (nSPS) is 11.8. The molecule has 1 atom stereocenters. The van der Waals surface area contributed by atoms with Crippen LogP contribution in [0.25, 0.3) is 0 Å². The molecule has 0 bridgehead atoms. The van der Waals surface area contributed by atoms with Gasteiger partial charge in [0.25, 0.3) is 10.0 Å². The monoisotopic (exact) mass is 641 g/mol. The van der Waals surface area contributed by atoms with Crippen molar-refractivity contribution < 1.29 is 37.0 Å². The van der Waals surface area contributed by atoms with E-state index >= 15 is 0 Å². The molecule has 0 spiro atoms. The molecule has 0 heterocycles. The molecule has 45 heavy (non-hydrogen) atoms. The molecular formula is C33H43N3O8S. The van der Waals surface area contributed by atoms with Gasteiger partial charge in [0.05, 0.1) is 39.0 Å². The number of sulfonamides is 1. The van der Waals surface area contributed by atoms with E-state index in [4.69, 9.17) is 18.9 Å². The second kappa shape index (κ2) is 16.0. The van der Waals surface area contributed by atoms with Gasteiger partial charge in [0.15, 0.2) is 11.5 Å². The number of nitrogens with one attached hydrogen (secondary N) is 1. The van der Waals surface area contributed by atoms with Crippen molar-refractivity contribution in [2.24, 2.45) is 5.92 Å². The molecule has 0 saturated heterocycles. The fourth-order valence-corrected chi connectivity index (χ4v) is 6.06. The van der Waals surface area contributed by atoms with Gasteiger partial charge in [0, 0.05) is 25.2 Å². The number of benzene rings is 3. The minimum absolute atomic E-state index is 0.0832. The van der Waals surface area contributed by atoms with Gasteiger partial charge in [-0.25, -0.2) is 8.42 Å². The van der Waals surface area contributed by atoms with Crippen molar-refractivity contribution in [3.05, 3.63) is 72.3 Å². The Hall–Kier alpha value is -4.45. The molecule has 244 valence electrons. The first-order valence-electron chi connectivity index (χ1n) is 14.5. The summed E-state index contributed by atoms with van der Waals surface area (Å²) in [5.41, 5.74) is 1.05. The summed E-state index contributed by atoms with van der Waals surface area (Å²) in [4.78, 5) is 28.7. The van der Waals surface area contributed by atoms with Crippen molar-refractivity contribution >= 4 is 27.5 Å². The summed E-state index contributed by atoms with van der Waals surface area (Å²) in [5, 5.41) is 2.89. The van der Waals surface area contributed by atoms with Crippen LogP contribution in [0.2, 0.25) is 0 Å². The second-order valence-corrected chi connectivity index (χ2v) is 12.6. The number of carbonyl (C=O) groups is 2. The minimum Gasteiger partial charge on any atom is -0.497 e. The third-order valence-corrected chi connectivity index (χ3v) is 8.97. The minimum atomic E-state index is -4.42. The van der Waals surface area contributed by atoms with Crippen molar-refractivity contribution in [2.45, 2.75) is 38.1 Å². The van der Waals surface area contributed by atoms with E-state index in [9.17, 15) is 18.0 Å². The van der Waals surface area contributed by atoms with Gasteiger partial charge in [-0.2, -0.15) is 0 Å². The summed E-state index contributed by atoms with van der Waals surface area (Å²) in [6.07, 6.45) is 0.458. The van der Waals surface area contributed by atoms with Crippen LogP contribution >= 0.6 is 0 Å². The summed E-state index contributed by atoms with van der Waals surface area (Å²) >= 11 is 0. The Morgan fingerprint density at radius 2 is 1.44 bits per heavy atom. The Morgan fingerprint density at radius 3 is 2.04 bits per heavy atom. The molecule has 0 aromatic heterocycles. The van der Waals surface area contributed by atoms with Gasteiger partial charge in [-0.1, -0.05) is 44.2 Å². The fourth-order valence-electron chi connectivity index (χ4n) is 4.63. The number of ether oxygens (including phenoxy) is 4. The predicted octanol–water partition coefficient (Wildman–Crippen LogP) is 4.15. The molecule has 3 aromatic carbocycles. The van der Waals surface area contributed by atoms with Crippen LogP contribution in [0.4, 0.5) is 5.69 Å². The van der Waals surface area contributed by atoms with E-state index in [1.807, 2.05) is 44.2 Å². The second-order valence-electron chi connectivity index (χ2n) is 10.7. The Kier molecular flexibility index (Phi) is 12.5. The lowest BCUT2D eigenvalue weighted by atomic mass is 10.1. The molecule has 3 aromatic rings. The van der Waals surface area contributed by atoms with E-state index < -0.39 is 28.5 Å². The average molecular weight is 642 g/mol. The molecule has 0 aliphatic rings. The standard InChI is InChI=1S/C33H43N3O8S/c1-23(2)21-34-33(38)24(3)35(18-17-25-11-9-8-10-12-25)32(37)22-36(28-19-26(41-4)13-15-29(28)42-5)45(39,40)27-14-16-30(43-6)31(20-27)44-7/h8-16,19-20,23-24H,17-18,21-22H2,1-7H3,(H,34,38). The Morgan fingerprint density at radius 1 is 0.800 bits per heavy atom. The number of methoxy groups -OCH3 is 4. The largest absolute Gasteiger partial charge is 0.497 e. The van der Waals surface area contributed by atoms with Crippen LogP contribution in [-0.2, 0) is 26.0 Å². The lowest BCUT2D eigenvalue weighted by Gasteiger charge is -2.32. The van der Waals surface area contributed by atoms with Crippen LogP contribution < -0.4 is 28.6 Å². The van der Waals surface area contributed by atoms with Crippen LogP contribution in [0.15, 0.2) is 71.6 Å². The van der Waals surface area contributed by atoms with Crippen LogP contribution in [0.5, 0.6) is 23.0 Å². The number of carbonyl (C=O) groups excluding carboxylic acids is 2. The van der Waals surface area contributed by atoms with Gasteiger partial charge in [0.2, 0.25) is 11.8 Å². The SMILES string of the molecule is COc1ccc(OC)c(N(CC(=O)N(CCc2ccccc2)C(C)C(=O)NCC(C)C)S(=O)(=O)c2ccc(OC)c(OC)c2)c1. The van der Waals surface area contributed by atoms with Crippen LogP contribution in [0.1, 0.15) is 26.3 Å². The number of anilines is 1. The van der Waals surface area contributed by atoms with Crippen molar-refractivity contribution in [3.63, 3.8) is 0 Å². The summed E-state index contributed by atoms with van der Waals surface area (Å²) in [7, 11) is 1.28. The first-order chi connectivity index (χ1) is 21.5. The van der Waals surface area contributed by atoms with E-state index in [0.29, 0.717) is 24.5 Å². The zero-order chi connectivity index (χ0) is 33.1. The highest BCUT2D eigenvalue weighted by molar-refractivity contribution is 7.92. The van der Waals surface area contributed by atoms with Crippen LogP contribution in [-0.4, -0.2) is 79.2 Å². The van der Waals surface area contributed by atoms with E-state index in [1.165, 1.54) is 57.6 Å². The zero-order valence-electron chi connectivity index (χ0n) is 26.9. The predicted molar refractivity (Wildman–Crippen MR) is 173 cm³/mol. The molecule has 0 aliphatic carbocycles. The summed E-state index contributed by atoms with van der Waals surface area (Å²) in [6.45, 7) is 5.57. The lowest BCUT2D eigenvalue weighted by molar-refractivity contribution is -0.138. The molecule has 0 fully saturated rings. The van der Waals surface area contributed by atoms with E-state index in [-0.39, 0.29) is 40.5 Å². The summed E-state index contributed by atoms with van der Waals surface area (Å²) in [5.74, 6) is 0.385. The Bertz CT molecular complexity index is 1550. The van der Waals surface area contributed by atoms with Crippen LogP contribution in [0, 0.1) is 5.92 Å². The van der Waals surface area contributed by atoms with Gasteiger partial charge in [-0.3, -0.25) is 13.9 Å². The maximum absolute atomic E-state index is 14.4. The molecular weight excluding hydrogens is 598 g/mol. The Labute approximate surface area is 266 Å². The molecule has 1 unspecified atom stereocenters. The number of hydrogen-bond donors (Lipinski definition) is 1. The number of rotatable bonds is 16. The van der Waals surface area contributed by atoms with E-state index in [0.717, 1.165) is 9.87 Å². The highest BCUT2D eigenvalue weighted by atomic mass is 32.2. The smallest absolute Gasteiger partial charge is 0.265 e. The number of amides is 2. The molecule has 2 amide bonds. The topological polar surface area (TPSA) is 124 Å². The van der Waals surface area contributed by atoms with Crippen molar-refractivity contribution in [1.29, 1.82) is 0 Å². The maximum atomic E-state index is 14.4. The average Bonchev–Trinajstić information content (AvgIpc) is 3.05. The molecule has 0 saturated carbocycles. The number of nitrogens with zero attached hydrogens (tertiary/aromatic N) is 2. The Balaban J connectivity index is 2.11. The molecule has 1 N–H and O–H groups in total. The van der Waals surface area contributed by atoms with Gasteiger partial charge in [0.1, 0.15) is 24.1 Å².